The van der Waals surface area contributed by atoms with Crippen LogP contribution in [0.25, 0.3) is 6.08 Å². The van der Waals surface area contributed by atoms with Gasteiger partial charge in [-0.15, -0.1) is 0 Å². The Morgan fingerprint density at radius 2 is 1.85 bits per heavy atom. The van der Waals surface area contributed by atoms with Crippen LogP contribution < -0.4 is 20.3 Å². The molecule has 0 aliphatic carbocycles. The standard InChI is InChI=1S/C23H22ClN3O5S2/c1-31-17-10-9-14(12-18(17)32-2)13-19-22(30)27(23(33)34-19)11-5-8-20(28)25-26-21(29)15-6-3-4-7-16(15)24/h3-4,6-7,9-10,12-13H,5,8,11H2,1-2H3,(H,25,28)(H,26,29). The highest BCUT2D eigenvalue weighted by molar-refractivity contribution is 8.26. The molecule has 1 saturated heterocycles. The summed E-state index contributed by atoms with van der Waals surface area (Å²) in [6.45, 7) is 0.278. The first-order chi connectivity index (χ1) is 16.3. The summed E-state index contributed by atoms with van der Waals surface area (Å²) in [6, 6.07) is 11.9. The molecule has 1 fully saturated rings. The third kappa shape index (κ3) is 6.28. The van der Waals surface area contributed by atoms with E-state index in [1.165, 1.54) is 16.7 Å². The van der Waals surface area contributed by atoms with Crippen molar-refractivity contribution >= 4 is 63.7 Å². The molecule has 0 saturated carbocycles. The molecule has 2 aromatic rings. The molecule has 1 aliphatic rings. The Balaban J connectivity index is 1.51. The Morgan fingerprint density at radius 3 is 2.56 bits per heavy atom. The lowest BCUT2D eigenvalue weighted by Gasteiger charge is -2.14. The topological polar surface area (TPSA) is 97.0 Å². The molecule has 8 nitrogen and oxygen atoms in total. The number of carbonyl (C=O) groups excluding carboxylic acids is 3. The summed E-state index contributed by atoms with van der Waals surface area (Å²) in [5, 5.41) is 0.282. The molecule has 0 spiro atoms. The maximum Gasteiger partial charge on any atom is 0.271 e. The highest BCUT2D eigenvalue weighted by Gasteiger charge is 2.31. The lowest BCUT2D eigenvalue weighted by atomic mass is 10.2. The van der Waals surface area contributed by atoms with Crippen molar-refractivity contribution in [3.8, 4) is 11.5 Å². The van der Waals surface area contributed by atoms with E-state index in [4.69, 9.17) is 33.3 Å². The van der Waals surface area contributed by atoms with E-state index in [1.54, 1.807) is 56.7 Å². The Morgan fingerprint density at radius 1 is 1.12 bits per heavy atom. The zero-order chi connectivity index (χ0) is 24.7. The third-order valence-electron chi connectivity index (χ3n) is 4.80. The van der Waals surface area contributed by atoms with Crippen LogP contribution in [0, 0.1) is 0 Å². The van der Waals surface area contributed by atoms with Gasteiger partial charge in [0.15, 0.2) is 11.5 Å². The van der Waals surface area contributed by atoms with Gasteiger partial charge in [0.05, 0.1) is 29.7 Å². The monoisotopic (exact) mass is 519 g/mol. The molecule has 3 rings (SSSR count). The van der Waals surface area contributed by atoms with Crippen LogP contribution >= 0.6 is 35.6 Å². The van der Waals surface area contributed by atoms with Gasteiger partial charge in [0.25, 0.3) is 11.8 Å². The molecule has 3 amide bonds. The van der Waals surface area contributed by atoms with Gasteiger partial charge in [-0.2, -0.15) is 0 Å². The van der Waals surface area contributed by atoms with Crippen LogP contribution in [0.15, 0.2) is 47.4 Å². The number of nitrogens with one attached hydrogen (secondary N) is 2. The summed E-state index contributed by atoms with van der Waals surface area (Å²) in [7, 11) is 3.09. The molecule has 1 heterocycles. The van der Waals surface area contributed by atoms with Crippen LogP contribution in [-0.2, 0) is 9.59 Å². The molecule has 11 heteroatoms. The van der Waals surface area contributed by atoms with Crippen LogP contribution in [0.5, 0.6) is 11.5 Å². The number of nitrogens with zero attached hydrogens (tertiary/aromatic N) is 1. The van der Waals surface area contributed by atoms with Crippen molar-refractivity contribution in [1.29, 1.82) is 0 Å². The van der Waals surface area contributed by atoms with Crippen LogP contribution in [0.4, 0.5) is 0 Å². The van der Waals surface area contributed by atoms with E-state index in [0.29, 0.717) is 27.1 Å². The van der Waals surface area contributed by atoms with E-state index in [1.807, 2.05) is 6.07 Å². The molecule has 0 bridgehead atoms. The first-order valence-electron chi connectivity index (χ1n) is 10.1. The summed E-state index contributed by atoms with van der Waals surface area (Å²) in [5.74, 6) is 0.00742. The van der Waals surface area contributed by atoms with Gasteiger partial charge >= 0.3 is 0 Å². The Bertz CT molecular complexity index is 1160. The van der Waals surface area contributed by atoms with Crippen molar-refractivity contribution in [2.24, 2.45) is 0 Å². The van der Waals surface area contributed by atoms with Gasteiger partial charge in [0.1, 0.15) is 4.32 Å². The molecule has 0 aromatic heterocycles. The minimum atomic E-state index is -0.517. The zero-order valence-corrected chi connectivity index (χ0v) is 20.8. The summed E-state index contributed by atoms with van der Waals surface area (Å²) < 4.78 is 10.9. The number of benzene rings is 2. The second-order valence-corrected chi connectivity index (χ2v) is 9.12. The second kappa shape index (κ2) is 11.9. The van der Waals surface area contributed by atoms with Gasteiger partial charge in [-0.3, -0.25) is 30.1 Å². The number of halogens is 1. The minimum absolute atomic E-state index is 0.0919. The molecule has 0 atom stereocenters. The van der Waals surface area contributed by atoms with Gasteiger partial charge in [0.2, 0.25) is 5.91 Å². The van der Waals surface area contributed by atoms with Crippen LogP contribution in [0.3, 0.4) is 0 Å². The van der Waals surface area contributed by atoms with Crippen molar-refractivity contribution in [1.82, 2.24) is 15.8 Å². The highest BCUT2D eigenvalue weighted by atomic mass is 35.5. The lowest BCUT2D eigenvalue weighted by molar-refractivity contribution is -0.124. The van der Waals surface area contributed by atoms with Gasteiger partial charge in [0, 0.05) is 13.0 Å². The number of thiocarbonyl (C=S) groups is 1. The molecule has 0 unspecified atom stereocenters. The summed E-state index contributed by atoms with van der Waals surface area (Å²) in [6.07, 6.45) is 2.19. The average molecular weight is 520 g/mol. The fourth-order valence-electron chi connectivity index (χ4n) is 3.09. The number of hydrogen-bond donors (Lipinski definition) is 2. The minimum Gasteiger partial charge on any atom is -0.493 e. The van der Waals surface area contributed by atoms with Crippen molar-refractivity contribution in [2.75, 3.05) is 20.8 Å². The quantitative estimate of drug-likeness (QED) is 0.311. The van der Waals surface area contributed by atoms with E-state index >= 15 is 0 Å². The molecule has 178 valence electrons. The number of hydrogen-bond acceptors (Lipinski definition) is 7. The fraction of sp³-hybridized carbons (Fsp3) is 0.217. The van der Waals surface area contributed by atoms with Crippen LogP contribution in [0.1, 0.15) is 28.8 Å². The molecule has 2 N–H and O–H groups in total. The Labute approximate surface area is 211 Å². The number of carbonyl (C=O) groups is 3. The predicted octanol–water partition coefficient (Wildman–Crippen LogP) is 3.80. The molecular formula is C23H22ClN3O5S2. The SMILES string of the molecule is COc1ccc(C=C2SC(=S)N(CCCC(=O)NNC(=O)c3ccccc3Cl)C2=O)cc1OC. The third-order valence-corrected chi connectivity index (χ3v) is 6.51. The number of thioether (sulfide) groups is 1. The smallest absolute Gasteiger partial charge is 0.271 e. The highest BCUT2D eigenvalue weighted by Crippen LogP contribution is 2.34. The predicted molar refractivity (Wildman–Crippen MR) is 136 cm³/mol. The summed E-state index contributed by atoms with van der Waals surface area (Å²) in [4.78, 5) is 38.9. The maximum absolute atomic E-state index is 12.8. The first-order valence-corrected chi connectivity index (χ1v) is 11.8. The first kappa shape index (κ1) is 25.5. The second-order valence-electron chi connectivity index (χ2n) is 7.03. The van der Waals surface area contributed by atoms with Crippen molar-refractivity contribution in [3.63, 3.8) is 0 Å². The number of methoxy groups -OCH3 is 2. The van der Waals surface area contributed by atoms with Crippen LogP contribution in [-0.4, -0.2) is 47.7 Å². The molecule has 0 radical (unpaired) electrons. The number of hydrazine groups is 1. The summed E-state index contributed by atoms with van der Waals surface area (Å²) in [5.41, 5.74) is 5.69. The average Bonchev–Trinajstić information content (AvgIpc) is 3.10. The van der Waals surface area contributed by atoms with Crippen molar-refractivity contribution < 1.29 is 23.9 Å². The van der Waals surface area contributed by atoms with E-state index in [0.717, 1.165) is 5.56 Å². The van der Waals surface area contributed by atoms with Gasteiger partial charge in [-0.1, -0.05) is 53.8 Å². The Hall–Kier alpha value is -3.08. The molecule has 34 heavy (non-hydrogen) atoms. The van der Waals surface area contributed by atoms with Crippen molar-refractivity contribution in [3.05, 3.63) is 63.5 Å². The summed E-state index contributed by atoms with van der Waals surface area (Å²) >= 11 is 12.5. The van der Waals surface area contributed by atoms with E-state index in [-0.39, 0.29) is 29.5 Å². The molecule has 1 aliphatic heterocycles. The zero-order valence-electron chi connectivity index (χ0n) is 18.4. The normalized spacial score (nSPS) is 14.3. The number of rotatable bonds is 8. The van der Waals surface area contributed by atoms with Crippen LogP contribution in [0.2, 0.25) is 5.02 Å². The molecular weight excluding hydrogens is 498 g/mol. The van der Waals surface area contributed by atoms with Gasteiger partial charge in [-0.25, -0.2) is 0 Å². The maximum atomic E-state index is 12.8. The van der Waals surface area contributed by atoms with E-state index in [9.17, 15) is 14.4 Å². The van der Waals surface area contributed by atoms with E-state index in [2.05, 4.69) is 10.9 Å². The lowest BCUT2D eigenvalue weighted by Crippen LogP contribution is -2.42. The van der Waals surface area contributed by atoms with Gasteiger partial charge < -0.3 is 9.47 Å². The van der Waals surface area contributed by atoms with Crippen molar-refractivity contribution in [2.45, 2.75) is 12.8 Å². The largest absolute Gasteiger partial charge is 0.493 e. The fourth-order valence-corrected chi connectivity index (χ4v) is 4.62. The van der Waals surface area contributed by atoms with E-state index < -0.39 is 11.8 Å². The Kier molecular flexibility index (Phi) is 8.91. The number of amides is 3. The number of ether oxygens (including phenoxy) is 2. The van der Waals surface area contributed by atoms with Gasteiger partial charge in [-0.05, 0) is 42.3 Å². The molecule has 2 aromatic carbocycles.